The van der Waals surface area contributed by atoms with Crippen LogP contribution in [0.5, 0.6) is 0 Å². The minimum absolute atomic E-state index is 0.582. The molecular weight excluding hydrogens is 244 g/mol. The van der Waals surface area contributed by atoms with Gasteiger partial charge in [0.2, 0.25) is 0 Å². The molecule has 1 aliphatic heterocycles. The van der Waals surface area contributed by atoms with Gasteiger partial charge in [0.25, 0.3) is 0 Å². The Morgan fingerprint density at radius 1 is 1.25 bits per heavy atom. The summed E-state index contributed by atoms with van der Waals surface area (Å²) in [5, 5.41) is 3.79. The molecule has 0 spiro atoms. The minimum atomic E-state index is 0.582. The van der Waals surface area contributed by atoms with Gasteiger partial charge in [0.1, 0.15) is 0 Å². The maximum atomic E-state index is 3.79. The van der Waals surface area contributed by atoms with Crippen LogP contribution in [0.4, 0.5) is 0 Å². The van der Waals surface area contributed by atoms with Crippen LogP contribution in [0.3, 0.4) is 0 Å². The fourth-order valence-corrected chi connectivity index (χ4v) is 4.06. The van der Waals surface area contributed by atoms with E-state index in [4.69, 9.17) is 0 Å². The molecule has 20 heavy (non-hydrogen) atoms. The molecule has 2 heteroatoms. The average Bonchev–Trinajstić information content (AvgIpc) is 3.04. The summed E-state index contributed by atoms with van der Waals surface area (Å²) < 4.78 is 0. The number of hydrogen-bond acceptors (Lipinski definition) is 2. The quantitative estimate of drug-likeness (QED) is 0.824. The van der Waals surface area contributed by atoms with Gasteiger partial charge >= 0.3 is 0 Å². The van der Waals surface area contributed by atoms with E-state index in [2.05, 4.69) is 42.3 Å². The summed E-state index contributed by atoms with van der Waals surface area (Å²) in [7, 11) is 0. The maximum absolute atomic E-state index is 3.79. The molecule has 2 atom stereocenters. The molecule has 2 aliphatic rings. The van der Waals surface area contributed by atoms with Crippen molar-refractivity contribution in [3.8, 4) is 0 Å². The topological polar surface area (TPSA) is 15.3 Å². The fraction of sp³-hybridized carbons (Fsp3) is 0.667. The predicted octanol–water partition coefficient (Wildman–Crippen LogP) is 3.62. The molecule has 1 heterocycles. The Morgan fingerprint density at radius 2 is 2.05 bits per heavy atom. The van der Waals surface area contributed by atoms with Crippen molar-refractivity contribution in [1.29, 1.82) is 0 Å². The molecule has 1 aromatic carbocycles. The van der Waals surface area contributed by atoms with Gasteiger partial charge in [0.05, 0.1) is 0 Å². The Morgan fingerprint density at radius 3 is 2.85 bits per heavy atom. The molecule has 1 aliphatic carbocycles. The first-order valence-electron chi connectivity index (χ1n) is 8.31. The lowest BCUT2D eigenvalue weighted by atomic mass is 9.98. The Kier molecular flexibility index (Phi) is 4.42. The largest absolute Gasteiger partial charge is 0.310 e. The van der Waals surface area contributed by atoms with Crippen LogP contribution in [0.25, 0.3) is 0 Å². The molecule has 1 saturated heterocycles. The SMILES string of the molecule is Cc1cccc2c1C(C)CC2NCCCN1CCCC1. The number of likely N-dealkylation sites (tertiary alicyclic amines) is 1. The van der Waals surface area contributed by atoms with Crippen molar-refractivity contribution in [1.82, 2.24) is 10.2 Å². The summed E-state index contributed by atoms with van der Waals surface area (Å²) >= 11 is 0. The molecule has 2 nitrogen and oxygen atoms in total. The molecule has 110 valence electrons. The normalized spacial score (nSPS) is 26.1. The molecule has 2 unspecified atom stereocenters. The van der Waals surface area contributed by atoms with E-state index in [-0.39, 0.29) is 0 Å². The lowest BCUT2D eigenvalue weighted by molar-refractivity contribution is 0.327. The lowest BCUT2D eigenvalue weighted by Gasteiger charge is -2.17. The second kappa shape index (κ2) is 6.28. The average molecular weight is 272 g/mol. The third-order valence-corrected chi connectivity index (χ3v) is 5.06. The fourth-order valence-electron chi connectivity index (χ4n) is 4.06. The number of benzene rings is 1. The lowest BCUT2D eigenvalue weighted by Crippen LogP contribution is -2.26. The summed E-state index contributed by atoms with van der Waals surface area (Å²) in [6, 6.07) is 7.37. The zero-order chi connectivity index (χ0) is 13.9. The molecule has 0 saturated carbocycles. The highest BCUT2D eigenvalue weighted by Crippen LogP contribution is 2.41. The summed E-state index contributed by atoms with van der Waals surface area (Å²) in [6.45, 7) is 9.70. The number of aryl methyl sites for hydroxylation is 1. The van der Waals surface area contributed by atoms with Crippen molar-refractivity contribution < 1.29 is 0 Å². The van der Waals surface area contributed by atoms with E-state index in [1.165, 1.54) is 50.9 Å². The molecule has 0 amide bonds. The van der Waals surface area contributed by atoms with E-state index in [9.17, 15) is 0 Å². The molecule has 1 fully saturated rings. The molecule has 0 bridgehead atoms. The van der Waals surface area contributed by atoms with Gasteiger partial charge in [-0.3, -0.25) is 0 Å². The molecule has 1 N–H and O–H groups in total. The molecular formula is C18H28N2. The van der Waals surface area contributed by atoms with Crippen molar-refractivity contribution in [3.63, 3.8) is 0 Å². The molecule has 1 aromatic rings. The molecule has 3 rings (SSSR count). The Bertz CT molecular complexity index is 449. The van der Waals surface area contributed by atoms with Crippen molar-refractivity contribution in [2.45, 2.75) is 51.5 Å². The van der Waals surface area contributed by atoms with Crippen LogP contribution in [-0.2, 0) is 0 Å². The van der Waals surface area contributed by atoms with E-state index >= 15 is 0 Å². The van der Waals surface area contributed by atoms with Crippen LogP contribution in [0.1, 0.15) is 61.3 Å². The standard InChI is InChI=1S/C18H28N2/c1-14-7-5-8-16-17(13-15(2)18(14)16)19-9-6-12-20-10-3-4-11-20/h5,7-8,15,17,19H,3-4,6,9-13H2,1-2H3. The van der Waals surface area contributed by atoms with Gasteiger partial charge < -0.3 is 10.2 Å². The molecule has 0 radical (unpaired) electrons. The number of rotatable bonds is 5. The maximum Gasteiger partial charge on any atom is 0.0328 e. The predicted molar refractivity (Wildman–Crippen MR) is 85.2 cm³/mol. The number of fused-ring (bicyclic) bond motifs is 1. The van der Waals surface area contributed by atoms with Gasteiger partial charge in [-0.05, 0) is 81.4 Å². The Hall–Kier alpha value is -0.860. The van der Waals surface area contributed by atoms with Gasteiger partial charge in [-0.25, -0.2) is 0 Å². The minimum Gasteiger partial charge on any atom is -0.310 e. The van der Waals surface area contributed by atoms with Crippen LogP contribution in [0.15, 0.2) is 18.2 Å². The van der Waals surface area contributed by atoms with E-state index in [1.807, 2.05) is 0 Å². The second-order valence-electron chi connectivity index (χ2n) is 6.62. The highest BCUT2D eigenvalue weighted by Gasteiger charge is 2.28. The van der Waals surface area contributed by atoms with Crippen LogP contribution in [0.2, 0.25) is 0 Å². The van der Waals surface area contributed by atoms with Gasteiger partial charge in [0, 0.05) is 6.04 Å². The van der Waals surface area contributed by atoms with Gasteiger partial charge in [-0.2, -0.15) is 0 Å². The van der Waals surface area contributed by atoms with Crippen LogP contribution >= 0.6 is 0 Å². The van der Waals surface area contributed by atoms with E-state index in [0.29, 0.717) is 12.0 Å². The third kappa shape index (κ3) is 2.91. The van der Waals surface area contributed by atoms with Gasteiger partial charge in [-0.15, -0.1) is 0 Å². The van der Waals surface area contributed by atoms with Crippen LogP contribution < -0.4 is 5.32 Å². The first-order chi connectivity index (χ1) is 9.75. The number of nitrogens with one attached hydrogen (secondary N) is 1. The number of hydrogen-bond donors (Lipinski definition) is 1. The summed E-state index contributed by atoms with van der Waals surface area (Å²) in [4.78, 5) is 2.61. The van der Waals surface area contributed by atoms with Crippen molar-refractivity contribution in [2.24, 2.45) is 0 Å². The smallest absolute Gasteiger partial charge is 0.0328 e. The number of nitrogens with zero attached hydrogens (tertiary/aromatic N) is 1. The monoisotopic (exact) mass is 272 g/mol. The first kappa shape index (κ1) is 14.1. The van der Waals surface area contributed by atoms with Crippen molar-refractivity contribution in [3.05, 3.63) is 34.9 Å². The second-order valence-corrected chi connectivity index (χ2v) is 6.62. The van der Waals surface area contributed by atoms with E-state index < -0.39 is 0 Å². The zero-order valence-corrected chi connectivity index (χ0v) is 13.0. The highest BCUT2D eigenvalue weighted by molar-refractivity contribution is 5.43. The summed E-state index contributed by atoms with van der Waals surface area (Å²) in [5.74, 6) is 0.710. The van der Waals surface area contributed by atoms with E-state index in [1.54, 1.807) is 11.1 Å². The first-order valence-corrected chi connectivity index (χ1v) is 8.31. The highest BCUT2D eigenvalue weighted by atomic mass is 15.1. The summed E-state index contributed by atoms with van der Waals surface area (Å²) in [6.07, 6.45) is 5.36. The Labute approximate surface area is 123 Å². The zero-order valence-electron chi connectivity index (χ0n) is 13.0. The Balaban J connectivity index is 1.51. The van der Waals surface area contributed by atoms with Crippen molar-refractivity contribution >= 4 is 0 Å². The molecule has 0 aromatic heterocycles. The third-order valence-electron chi connectivity index (χ3n) is 5.06. The summed E-state index contributed by atoms with van der Waals surface area (Å²) in [5.41, 5.74) is 4.62. The van der Waals surface area contributed by atoms with Crippen LogP contribution in [0, 0.1) is 6.92 Å². The van der Waals surface area contributed by atoms with E-state index in [0.717, 1.165) is 6.54 Å². The van der Waals surface area contributed by atoms with Gasteiger partial charge in [0.15, 0.2) is 0 Å². The van der Waals surface area contributed by atoms with Crippen LogP contribution in [-0.4, -0.2) is 31.1 Å². The van der Waals surface area contributed by atoms with Crippen molar-refractivity contribution in [2.75, 3.05) is 26.2 Å². The van der Waals surface area contributed by atoms with Gasteiger partial charge in [-0.1, -0.05) is 25.1 Å².